The number of nitro groups is 1. The fourth-order valence-corrected chi connectivity index (χ4v) is 3.71. The van der Waals surface area contributed by atoms with Crippen molar-refractivity contribution in [2.75, 3.05) is 4.90 Å². The van der Waals surface area contributed by atoms with Gasteiger partial charge >= 0.3 is 0 Å². The third kappa shape index (κ3) is 3.38. The summed E-state index contributed by atoms with van der Waals surface area (Å²) >= 11 is 0. The minimum Gasteiger partial charge on any atom is -0.507 e. The lowest BCUT2D eigenvalue weighted by Gasteiger charge is -2.24. The van der Waals surface area contributed by atoms with Gasteiger partial charge in [-0.3, -0.25) is 24.6 Å². The number of ketones is 1. The topological polar surface area (TPSA) is 114 Å². The summed E-state index contributed by atoms with van der Waals surface area (Å²) in [6.07, 6.45) is 0. The number of carbonyl (C=O) groups is 2. The molecule has 0 radical (unpaired) electrons. The highest BCUT2D eigenvalue weighted by atomic mass is 16.6. The monoisotopic (exact) mass is 418 g/mol. The normalized spacial score (nSPS) is 17.9. The van der Waals surface area contributed by atoms with Crippen LogP contribution in [0.4, 0.5) is 11.4 Å². The Bertz CT molecular complexity index is 1260. The maximum atomic E-state index is 13.1. The summed E-state index contributed by atoms with van der Waals surface area (Å²) in [6, 6.07) is 14.6. The first kappa shape index (κ1) is 20.1. The van der Waals surface area contributed by atoms with Gasteiger partial charge in [0.2, 0.25) is 0 Å². The molecule has 0 saturated carbocycles. The Morgan fingerprint density at radius 3 is 2.45 bits per heavy atom. The van der Waals surface area contributed by atoms with Crippen LogP contribution in [0.1, 0.15) is 28.7 Å². The molecule has 8 heteroatoms. The summed E-state index contributed by atoms with van der Waals surface area (Å²) in [4.78, 5) is 37.9. The van der Waals surface area contributed by atoms with Crippen molar-refractivity contribution in [3.05, 3.63) is 99.0 Å². The van der Waals surface area contributed by atoms with Crippen LogP contribution < -0.4 is 4.90 Å². The van der Waals surface area contributed by atoms with Crippen LogP contribution >= 0.6 is 0 Å². The first-order valence-electron chi connectivity index (χ1n) is 9.47. The summed E-state index contributed by atoms with van der Waals surface area (Å²) in [5, 5.41) is 22.1. The number of aliphatic hydroxyl groups excluding tert-OH is 1. The van der Waals surface area contributed by atoms with Gasteiger partial charge in [-0.15, -0.1) is 0 Å². The van der Waals surface area contributed by atoms with E-state index in [-0.39, 0.29) is 16.8 Å². The van der Waals surface area contributed by atoms with E-state index in [9.17, 15) is 24.8 Å². The number of anilines is 1. The second-order valence-electron chi connectivity index (χ2n) is 7.21. The van der Waals surface area contributed by atoms with Crippen LogP contribution in [-0.4, -0.2) is 21.7 Å². The van der Waals surface area contributed by atoms with Gasteiger partial charge in [0.05, 0.1) is 10.5 Å². The third-order valence-electron chi connectivity index (χ3n) is 5.18. The molecular weight excluding hydrogens is 400 g/mol. The molecule has 1 aliphatic rings. The summed E-state index contributed by atoms with van der Waals surface area (Å²) in [6.45, 7) is 3.53. The summed E-state index contributed by atoms with van der Waals surface area (Å²) < 4.78 is 5.73. The molecule has 156 valence electrons. The Hall–Kier alpha value is -4.20. The number of Topliss-reactive ketones (excluding diaryl/α,β-unsaturated/α-hetero) is 1. The summed E-state index contributed by atoms with van der Waals surface area (Å²) in [5.41, 5.74) is 0.880. The molecule has 1 aliphatic heterocycles. The Kier molecular flexibility index (Phi) is 4.90. The molecule has 1 fully saturated rings. The molecule has 3 aromatic rings. The fraction of sp³-hybridized carbons (Fsp3) is 0.130. The van der Waals surface area contributed by atoms with Gasteiger partial charge in [-0.1, -0.05) is 30.3 Å². The molecule has 0 aliphatic carbocycles. The molecule has 2 heterocycles. The highest BCUT2D eigenvalue weighted by Crippen LogP contribution is 2.43. The molecule has 2 aromatic carbocycles. The van der Waals surface area contributed by atoms with E-state index < -0.39 is 28.4 Å². The highest BCUT2D eigenvalue weighted by molar-refractivity contribution is 6.51. The van der Waals surface area contributed by atoms with Crippen molar-refractivity contribution < 1.29 is 24.0 Å². The van der Waals surface area contributed by atoms with Crippen LogP contribution in [-0.2, 0) is 9.59 Å². The van der Waals surface area contributed by atoms with E-state index >= 15 is 0 Å². The quantitative estimate of drug-likeness (QED) is 0.220. The average molecular weight is 418 g/mol. The lowest BCUT2D eigenvalue weighted by atomic mass is 9.98. The Balaban J connectivity index is 1.96. The SMILES string of the molecule is Cc1ccc(C2/C(=C(/O)c3cccc([N+](=O)[O-])c3)C(=O)C(=O)N2c2ccccc2C)o1. The van der Waals surface area contributed by atoms with Gasteiger partial charge in [0.25, 0.3) is 17.4 Å². The molecule has 0 spiro atoms. The number of para-hydroxylation sites is 1. The van der Waals surface area contributed by atoms with Gasteiger partial charge in [0.1, 0.15) is 23.3 Å². The molecule has 1 amide bonds. The van der Waals surface area contributed by atoms with E-state index in [1.54, 1.807) is 44.2 Å². The zero-order chi connectivity index (χ0) is 22.3. The summed E-state index contributed by atoms with van der Waals surface area (Å²) in [5.74, 6) is -1.35. The predicted octanol–water partition coefficient (Wildman–Crippen LogP) is 4.43. The Morgan fingerprint density at radius 2 is 1.81 bits per heavy atom. The number of nitro benzene ring substituents is 1. The van der Waals surface area contributed by atoms with E-state index in [2.05, 4.69) is 0 Å². The fourth-order valence-electron chi connectivity index (χ4n) is 3.71. The summed E-state index contributed by atoms with van der Waals surface area (Å²) in [7, 11) is 0. The standard InChI is InChI=1S/C23H18N2O6/c1-13-6-3-4-9-17(13)24-20(18-11-10-14(2)31-18)19(22(27)23(24)28)21(26)15-7-5-8-16(12-15)25(29)30/h3-12,20,26H,1-2H3/b21-19-. The van der Waals surface area contributed by atoms with Crippen molar-refractivity contribution in [1.82, 2.24) is 0 Å². The lowest BCUT2D eigenvalue weighted by Crippen LogP contribution is -2.29. The van der Waals surface area contributed by atoms with Crippen molar-refractivity contribution >= 4 is 28.8 Å². The maximum Gasteiger partial charge on any atom is 0.300 e. The number of furan rings is 1. The smallest absolute Gasteiger partial charge is 0.300 e. The number of aliphatic hydroxyl groups is 1. The Morgan fingerprint density at radius 1 is 1.06 bits per heavy atom. The third-order valence-corrected chi connectivity index (χ3v) is 5.18. The predicted molar refractivity (Wildman–Crippen MR) is 113 cm³/mol. The van der Waals surface area contributed by atoms with E-state index in [1.165, 1.54) is 23.1 Å². The van der Waals surface area contributed by atoms with Gasteiger partial charge in [0.15, 0.2) is 0 Å². The molecule has 4 rings (SSSR count). The number of carbonyl (C=O) groups excluding carboxylic acids is 2. The molecule has 1 unspecified atom stereocenters. The number of hydrogen-bond donors (Lipinski definition) is 1. The molecule has 8 nitrogen and oxygen atoms in total. The zero-order valence-corrected chi connectivity index (χ0v) is 16.7. The van der Waals surface area contributed by atoms with Gasteiger partial charge in [-0.2, -0.15) is 0 Å². The van der Waals surface area contributed by atoms with E-state index in [1.807, 2.05) is 6.07 Å². The van der Waals surface area contributed by atoms with Crippen molar-refractivity contribution in [3.63, 3.8) is 0 Å². The number of amides is 1. The van der Waals surface area contributed by atoms with Crippen LogP contribution in [0.5, 0.6) is 0 Å². The van der Waals surface area contributed by atoms with Crippen molar-refractivity contribution in [3.8, 4) is 0 Å². The van der Waals surface area contributed by atoms with E-state index in [0.29, 0.717) is 17.2 Å². The first-order chi connectivity index (χ1) is 14.8. The number of benzene rings is 2. The van der Waals surface area contributed by atoms with Crippen molar-refractivity contribution in [2.45, 2.75) is 19.9 Å². The average Bonchev–Trinajstić information content (AvgIpc) is 3.29. The molecule has 1 saturated heterocycles. The number of non-ortho nitro benzene ring substituents is 1. The second-order valence-corrected chi connectivity index (χ2v) is 7.21. The highest BCUT2D eigenvalue weighted by Gasteiger charge is 2.48. The minimum absolute atomic E-state index is 0.0604. The van der Waals surface area contributed by atoms with Gasteiger partial charge in [0, 0.05) is 23.4 Å². The number of rotatable bonds is 4. The molecule has 0 bridgehead atoms. The van der Waals surface area contributed by atoms with Crippen molar-refractivity contribution in [1.29, 1.82) is 0 Å². The Labute approximate surface area is 177 Å². The van der Waals surface area contributed by atoms with E-state index in [0.717, 1.165) is 11.6 Å². The molecule has 1 atom stereocenters. The number of nitrogens with zero attached hydrogens (tertiary/aromatic N) is 2. The van der Waals surface area contributed by atoms with Crippen LogP contribution in [0.25, 0.3) is 5.76 Å². The van der Waals surface area contributed by atoms with Gasteiger partial charge in [-0.05, 0) is 37.6 Å². The van der Waals surface area contributed by atoms with Gasteiger partial charge < -0.3 is 9.52 Å². The van der Waals surface area contributed by atoms with Crippen LogP contribution in [0.2, 0.25) is 0 Å². The molecule has 1 N–H and O–H groups in total. The first-order valence-corrected chi connectivity index (χ1v) is 9.47. The van der Waals surface area contributed by atoms with Gasteiger partial charge in [-0.25, -0.2) is 0 Å². The largest absolute Gasteiger partial charge is 0.507 e. The minimum atomic E-state index is -1.02. The lowest BCUT2D eigenvalue weighted by molar-refractivity contribution is -0.384. The van der Waals surface area contributed by atoms with Crippen LogP contribution in [0.3, 0.4) is 0 Å². The van der Waals surface area contributed by atoms with Crippen molar-refractivity contribution in [2.24, 2.45) is 0 Å². The molecule has 1 aromatic heterocycles. The molecular formula is C23H18N2O6. The van der Waals surface area contributed by atoms with Crippen LogP contribution in [0, 0.1) is 24.0 Å². The van der Waals surface area contributed by atoms with Crippen LogP contribution in [0.15, 0.2) is 70.7 Å². The zero-order valence-electron chi connectivity index (χ0n) is 16.7. The second kappa shape index (κ2) is 7.56. The number of aryl methyl sites for hydroxylation is 2. The molecule has 31 heavy (non-hydrogen) atoms. The maximum absolute atomic E-state index is 13.1. The van der Waals surface area contributed by atoms with E-state index in [4.69, 9.17) is 4.42 Å². The number of hydrogen-bond acceptors (Lipinski definition) is 6.